The fraction of sp³-hybridized carbons (Fsp3) is 0.643. The molecule has 20 heavy (non-hydrogen) atoms. The van der Waals surface area contributed by atoms with Crippen molar-refractivity contribution in [1.29, 1.82) is 0 Å². The van der Waals surface area contributed by atoms with Crippen molar-refractivity contribution in [3.8, 4) is 0 Å². The lowest BCUT2D eigenvalue weighted by molar-refractivity contribution is 0.101. The van der Waals surface area contributed by atoms with Gasteiger partial charge in [0.05, 0.1) is 5.54 Å². The molecule has 2 atom stereocenters. The number of nitrogens with one attached hydrogen (secondary N) is 1. The third-order valence-corrected chi connectivity index (χ3v) is 5.87. The zero-order valence-electron chi connectivity index (χ0n) is 11.8. The zero-order chi connectivity index (χ0) is 14.2. The number of amidine groups is 1. The van der Waals surface area contributed by atoms with Gasteiger partial charge < -0.3 is 5.32 Å². The van der Waals surface area contributed by atoms with Crippen molar-refractivity contribution in [3.05, 3.63) is 11.1 Å². The predicted octanol–water partition coefficient (Wildman–Crippen LogP) is 3.81. The summed E-state index contributed by atoms with van der Waals surface area (Å²) in [4.78, 5) is 20.5. The molecular weight excluding hydrogens is 290 g/mol. The number of Topliss-reactive ketones (excluding diaryl/α,β-unsaturated/α-hetero) is 1. The Labute approximate surface area is 127 Å². The number of anilines is 1. The van der Waals surface area contributed by atoms with Gasteiger partial charge in [-0.1, -0.05) is 31.5 Å². The Balaban J connectivity index is 1.70. The van der Waals surface area contributed by atoms with E-state index in [1.54, 1.807) is 24.1 Å². The fourth-order valence-corrected chi connectivity index (χ4v) is 4.97. The highest BCUT2D eigenvalue weighted by atomic mass is 32.2. The van der Waals surface area contributed by atoms with Crippen LogP contribution < -0.4 is 5.32 Å². The maximum Gasteiger partial charge on any atom is 0.189 e. The number of rotatable bonds is 2. The minimum Gasteiger partial charge on any atom is -0.311 e. The van der Waals surface area contributed by atoms with Gasteiger partial charge in [-0.25, -0.2) is 4.98 Å². The number of thioether (sulfide) groups is 1. The van der Waals surface area contributed by atoms with Crippen LogP contribution in [-0.2, 0) is 0 Å². The standard InChI is InChI=1S/C14H19N3OS2/c1-9-4-3-5-14(6-9)8-20-13(17-14)16-12-15-11(7-19-12)10(2)18/h7,9H,3-6,8H2,1-2H3,(H,15,16,17). The number of hydrogen-bond acceptors (Lipinski definition) is 6. The Morgan fingerprint density at radius 2 is 2.40 bits per heavy atom. The average molecular weight is 309 g/mol. The Morgan fingerprint density at radius 3 is 3.10 bits per heavy atom. The van der Waals surface area contributed by atoms with Crippen LogP contribution in [-0.4, -0.2) is 27.2 Å². The Morgan fingerprint density at radius 1 is 1.55 bits per heavy atom. The first-order valence-corrected chi connectivity index (χ1v) is 8.89. The summed E-state index contributed by atoms with van der Waals surface area (Å²) >= 11 is 3.25. The van der Waals surface area contributed by atoms with E-state index >= 15 is 0 Å². The summed E-state index contributed by atoms with van der Waals surface area (Å²) in [6.07, 6.45) is 5.01. The number of hydrogen-bond donors (Lipinski definition) is 1. The molecule has 1 aliphatic heterocycles. The van der Waals surface area contributed by atoms with Crippen LogP contribution in [0.5, 0.6) is 0 Å². The monoisotopic (exact) mass is 309 g/mol. The van der Waals surface area contributed by atoms with E-state index in [4.69, 9.17) is 4.99 Å². The van der Waals surface area contributed by atoms with Crippen LogP contribution in [0, 0.1) is 5.92 Å². The van der Waals surface area contributed by atoms with E-state index in [1.807, 2.05) is 0 Å². The van der Waals surface area contributed by atoms with Gasteiger partial charge in [0, 0.05) is 18.1 Å². The van der Waals surface area contributed by atoms with E-state index in [0.717, 1.165) is 22.0 Å². The number of ketones is 1. The molecule has 108 valence electrons. The molecule has 3 rings (SSSR count). The number of carbonyl (C=O) groups excluding carboxylic acids is 1. The molecule has 1 N–H and O–H groups in total. The number of aromatic nitrogens is 1. The van der Waals surface area contributed by atoms with Crippen molar-refractivity contribution in [2.75, 3.05) is 11.1 Å². The molecule has 1 aromatic rings. The summed E-state index contributed by atoms with van der Waals surface area (Å²) < 4.78 is 0. The fourth-order valence-electron chi connectivity index (χ4n) is 3.00. The molecule has 2 heterocycles. The first kappa shape index (κ1) is 14.1. The largest absolute Gasteiger partial charge is 0.311 e. The second-order valence-corrected chi connectivity index (χ2v) is 7.67. The molecular formula is C14H19N3OS2. The van der Waals surface area contributed by atoms with E-state index in [2.05, 4.69) is 17.2 Å². The third-order valence-electron chi connectivity index (χ3n) is 3.96. The quantitative estimate of drug-likeness (QED) is 0.844. The Bertz CT molecular complexity index is 554. The molecule has 2 unspecified atom stereocenters. The molecule has 1 fully saturated rings. The van der Waals surface area contributed by atoms with Crippen LogP contribution in [0.2, 0.25) is 0 Å². The molecule has 0 aromatic carbocycles. The van der Waals surface area contributed by atoms with Crippen molar-refractivity contribution in [2.24, 2.45) is 10.9 Å². The van der Waals surface area contributed by atoms with Crippen molar-refractivity contribution in [3.63, 3.8) is 0 Å². The van der Waals surface area contributed by atoms with Gasteiger partial charge in [0.15, 0.2) is 16.1 Å². The van der Waals surface area contributed by atoms with Crippen LogP contribution in [0.4, 0.5) is 5.13 Å². The van der Waals surface area contributed by atoms with Gasteiger partial charge in [-0.05, 0) is 18.8 Å². The Hall–Kier alpha value is -0.880. The summed E-state index contributed by atoms with van der Waals surface area (Å²) in [6, 6.07) is 0. The van der Waals surface area contributed by atoms with E-state index in [1.165, 1.54) is 37.0 Å². The first-order valence-electron chi connectivity index (χ1n) is 7.02. The lowest BCUT2D eigenvalue weighted by Crippen LogP contribution is -2.33. The first-order chi connectivity index (χ1) is 9.56. The van der Waals surface area contributed by atoms with Crippen LogP contribution in [0.3, 0.4) is 0 Å². The molecule has 0 radical (unpaired) electrons. The molecule has 1 aliphatic carbocycles. The summed E-state index contributed by atoms with van der Waals surface area (Å²) in [7, 11) is 0. The normalized spacial score (nSPS) is 29.5. The SMILES string of the molecule is CC(=O)c1csc(NC2=NC3(CCCC(C)C3)CS2)n1. The molecule has 0 bridgehead atoms. The van der Waals surface area contributed by atoms with Gasteiger partial charge in [-0.3, -0.25) is 9.79 Å². The topological polar surface area (TPSA) is 54.4 Å². The molecule has 6 heteroatoms. The van der Waals surface area contributed by atoms with Crippen LogP contribution in [0.25, 0.3) is 0 Å². The van der Waals surface area contributed by atoms with Gasteiger partial charge in [0.2, 0.25) is 0 Å². The van der Waals surface area contributed by atoms with Gasteiger partial charge >= 0.3 is 0 Å². The highest BCUT2D eigenvalue weighted by Crippen LogP contribution is 2.42. The molecule has 1 aromatic heterocycles. The maximum atomic E-state index is 11.3. The minimum atomic E-state index is 0.00730. The van der Waals surface area contributed by atoms with Crippen molar-refractivity contribution < 1.29 is 4.79 Å². The third kappa shape index (κ3) is 2.91. The summed E-state index contributed by atoms with van der Waals surface area (Å²) in [5, 5.41) is 6.79. The molecule has 4 nitrogen and oxygen atoms in total. The van der Waals surface area contributed by atoms with Crippen molar-refractivity contribution >= 4 is 39.2 Å². The van der Waals surface area contributed by atoms with E-state index in [0.29, 0.717) is 5.69 Å². The van der Waals surface area contributed by atoms with Crippen LogP contribution in [0.15, 0.2) is 10.4 Å². The van der Waals surface area contributed by atoms with Gasteiger partial charge in [-0.15, -0.1) is 11.3 Å². The highest BCUT2D eigenvalue weighted by Gasteiger charge is 2.39. The average Bonchev–Trinajstić information content (AvgIpc) is 2.98. The van der Waals surface area contributed by atoms with E-state index in [-0.39, 0.29) is 11.3 Å². The molecule has 0 amide bonds. The van der Waals surface area contributed by atoms with Crippen molar-refractivity contribution in [2.45, 2.75) is 45.1 Å². The summed E-state index contributed by atoms with van der Waals surface area (Å²) in [6.45, 7) is 3.87. The molecule has 1 spiro atoms. The summed E-state index contributed by atoms with van der Waals surface area (Å²) in [5.41, 5.74) is 0.674. The highest BCUT2D eigenvalue weighted by molar-refractivity contribution is 8.14. The smallest absolute Gasteiger partial charge is 0.189 e. The molecule has 1 saturated carbocycles. The van der Waals surface area contributed by atoms with Crippen LogP contribution >= 0.6 is 23.1 Å². The van der Waals surface area contributed by atoms with Gasteiger partial charge in [-0.2, -0.15) is 0 Å². The van der Waals surface area contributed by atoms with E-state index < -0.39 is 0 Å². The lowest BCUT2D eigenvalue weighted by atomic mass is 9.78. The van der Waals surface area contributed by atoms with Gasteiger partial charge in [0.1, 0.15) is 5.69 Å². The van der Waals surface area contributed by atoms with E-state index in [9.17, 15) is 4.79 Å². The second kappa shape index (κ2) is 5.48. The maximum absolute atomic E-state index is 11.3. The molecule has 0 saturated heterocycles. The lowest BCUT2D eigenvalue weighted by Gasteiger charge is -2.33. The van der Waals surface area contributed by atoms with Gasteiger partial charge in [0.25, 0.3) is 0 Å². The number of thiazole rings is 1. The predicted molar refractivity (Wildman–Crippen MR) is 86.0 cm³/mol. The number of aliphatic imine (C=N–C) groups is 1. The minimum absolute atomic E-state index is 0.00730. The number of carbonyl (C=O) groups is 1. The zero-order valence-corrected chi connectivity index (χ0v) is 13.4. The second-order valence-electron chi connectivity index (χ2n) is 5.85. The molecule has 2 aliphatic rings. The number of nitrogens with zero attached hydrogens (tertiary/aromatic N) is 2. The van der Waals surface area contributed by atoms with Crippen LogP contribution in [0.1, 0.15) is 50.0 Å². The van der Waals surface area contributed by atoms with Crippen molar-refractivity contribution in [1.82, 2.24) is 4.98 Å². The summed E-state index contributed by atoms with van der Waals surface area (Å²) in [5.74, 6) is 1.86. The Kier molecular flexibility index (Phi) is 3.86.